The highest BCUT2D eigenvalue weighted by atomic mass is 35.5. The first-order valence-electron chi connectivity index (χ1n) is 9.98. The molecule has 0 bridgehead atoms. The monoisotopic (exact) mass is 420 g/mol. The Hall–Kier alpha value is -3.18. The highest BCUT2D eigenvalue weighted by Crippen LogP contribution is 2.39. The molecular formula is C24H21ClN2O3. The van der Waals surface area contributed by atoms with Gasteiger partial charge in [-0.25, -0.2) is 0 Å². The molecule has 5 nitrogen and oxygen atoms in total. The van der Waals surface area contributed by atoms with Crippen LogP contribution in [0.2, 0.25) is 5.02 Å². The van der Waals surface area contributed by atoms with Crippen LogP contribution in [0.4, 0.5) is 0 Å². The molecular weight excluding hydrogens is 400 g/mol. The third-order valence-corrected chi connectivity index (χ3v) is 5.75. The van der Waals surface area contributed by atoms with Crippen LogP contribution in [0.3, 0.4) is 0 Å². The molecule has 6 heteroatoms. The third-order valence-electron chi connectivity index (χ3n) is 5.47. The van der Waals surface area contributed by atoms with Crippen molar-refractivity contribution in [2.75, 3.05) is 19.8 Å². The quantitative estimate of drug-likeness (QED) is 0.583. The SMILES string of the molecule is O=C(/C=C/c1cc(Cl)c2c(c1)OCCO2)N1CCn2cccc2C1c1ccccc1. The Balaban J connectivity index is 1.43. The summed E-state index contributed by atoms with van der Waals surface area (Å²) in [5.41, 5.74) is 3.02. The average Bonchev–Trinajstić information content (AvgIpc) is 3.26. The van der Waals surface area contributed by atoms with E-state index in [4.69, 9.17) is 21.1 Å². The Morgan fingerprint density at radius 1 is 1.03 bits per heavy atom. The van der Waals surface area contributed by atoms with Gasteiger partial charge in [0.1, 0.15) is 13.2 Å². The molecule has 5 rings (SSSR count). The first kappa shape index (κ1) is 18.8. The maximum absolute atomic E-state index is 13.2. The minimum Gasteiger partial charge on any atom is -0.486 e. The van der Waals surface area contributed by atoms with Gasteiger partial charge in [-0.2, -0.15) is 0 Å². The van der Waals surface area contributed by atoms with Crippen LogP contribution in [-0.4, -0.2) is 35.1 Å². The fourth-order valence-electron chi connectivity index (χ4n) is 4.10. The number of aromatic nitrogens is 1. The number of hydrogen-bond acceptors (Lipinski definition) is 3. The van der Waals surface area contributed by atoms with E-state index in [9.17, 15) is 4.79 Å². The summed E-state index contributed by atoms with van der Waals surface area (Å²) in [6, 6.07) is 17.8. The number of nitrogens with zero attached hydrogens (tertiary/aromatic N) is 2. The largest absolute Gasteiger partial charge is 0.486 e. The normalized spacial score (nSPS) is 17.8. The first-order chi connectivity index (χ1) is 14.7. The summed E-state index contributed by atoms with van der Waals surface area (Å²) in [6.07, 6.45) is 5.46. The van der Waals surface area contributed by atoms with Crippen molar-refractivity contribution in [2.45, 2.75) is 12.6 Å². The van der Waals surface area contributed by atoms with Gasteiger partial charge in [0, 0.05) is 31.1 Å². The number of carbonyl (C=O) groups excluding carboxylic acids is 1. The molecule has 2 aliphatic rings. The van der Waals surface area contributed by atoms with Crippen LogP contribution < -0.4 is 9.47 Å². The fraction of sp³-hybridized carbons (Fsp3) is 0.208. The smallest absolute Gasteiger partial charge is 0.247 e. The molecule has 1 aromatic heterocycles. The predicted octanol–water partition coefficient (Wildman–Crippen LogP) is 4.56. The Morgan fingerprint density at radius 2 is 1.87 bits per heavy atom. The number of fused-ring (bicyclic) bond motifs is 2. The summed E-state index contributed by atoms with van der Waals surface area (Å²) in [7, 11) is 0. The van der Waals surface area contributed by atoms with Crippen LogP contribution in [0.15, 0.2) is 66.9 Å². The maximum Gasteiger partial charge on any atom is 0.247 e. The van der Waals surface area contributed by atoms with E-state index in [2.05, 4.69) is 29.0 Å². The molecule has 1 unspecified atom stereocenters. The molecule has 2 aliphatic heterocycles. The van der Waals surface area contributed by atoms with Gasteiger partial charge in [-0.3, -0.25) is 4.79 Å². The van der Waals surface area contributed by atoms with E-state index in [1.807, 2.05) is 35.2 Å². The molecule has 3 aromatic rings. The summed E-state index contributed by atoms with van der Waals surface area (Å²) in [6.45, 7) is 2.40. The minimum atomic E-state index is -0.115. The van der Waals surface area contributed by atoms with Crippen molar-refractivity contribution in [3.63, 3.8) is 0 Å². The standard InChI is InChI=1S/C24H21ClN2O3/c25-19-15-17(16-21-24(19)30-14-13-29-21)8-9-22(28)27-12-11-26-10-4-7-20(26)23(27)18-5-2-1-3-6-18/h1-10,15-16,23H,11-14H2/b9-8+. The van der Waals surface area contributed by atoms with E-state index in [-0.39, 0.29) is 11.9 Å². The number of hydrogen-bond donors (Lipinski definition) is 0. The van der Waals surface area contributed by atoms with Gasteiger partial charge in [0.2, 0.25) is 5.91 Å². The van der Waals surface area contributed by atoms with E-state index < -0.39 is 0 Å². The molecule has 0 radical (unpaired) electrons. The van der Waals surface area contributed by atoms with Crippen LogP contribution >= 0.6 is 11.6 Å². The lowest BCUT2D eigenvalue weighted by molar-refractivity contribution is -0.128. The molecule has 2 aromatic carbocycles. The topological polar surface area (TPSA) is 43.7 Å². The van der Waals surface area contributed by atoms with Gasteiger partial charge < -0.3 is 18.9 Å². The van der Waals surface area contributed by atoms with E-state index in [0.29, 0.717) is 36.3 Å². The molecule has 1 amide bonds. The number of amides is 1. The van der Waals surface area contributed by atoms with Crippen LogP contribution in [0.25, 0.3) is 6.08 Å². The van der Waals surface area contributed by atoms with Gasteiger partial charge in [0.25, 0.3) is 0 Å². The third kappa shape index (κ3) is 3.46. The Kier molecular flexibility index (Phi) is 4.97. The number of benzene rings is 2. The van der Waals surface area contributed by atoms with Crippen molar-refractivity contribution < 1.29 is 14.3 Å². The summed E-state index contributed by atoms with van der Waals surface area (Å²) >= 11 is 6.32. The van der Waals surface area contributed by atoms with Crippen LogP contribution in [0.5, 0.6) is 11.5 Å². The molecule has 1 atom stereocenters. The maximum atomic E-state index is 13.2. The summed E-state index contributed by atoms with van der Waals surface area (Å²) in [5, 5.41) is 0.484. The van der Waals surface area contributed by atoms with Crippen molar-refractivity contribution in [3.8, 4) is 11.5 Å². The first-order valence-corrected chi connectivity index (χ1v) is 10.4. The van der Waals surface area contributed by atoms with Crippen molar-refractivity contribution in [1.82, 2.24) is 9.47 Å². The number of rotatable bonds is 3. The molecule has 0 fully saturated rings. The molecule has 0 aliphatic carbocycles. The molecule has 152 valence electrons. The number of ether oxygens (including phenoxy) is 2. The second-order valence-electron chi connectivity index (χ2n) is 7.33. The summed E-state index contributed by atoms with van der Waals surface area (Å²) in [4.78, 5) is 15.1. The number of halogens is 1. The van der Waals surface area contributed by atoms with E-state index in [1.165, 1.54) is 0 Å². The van der Waals surface area contributed by atoms with Crippen molar-refractivity contribution in [2.24, 2.45) is 0 Å². The Bertz CT molecular complexity index is 1110. The molecule has 0 saturated carbocycles. The van der Waals surface area contributed by atoms with Crippen molar-refractivity contribution in [3.05, 3.63) is 88.7 Å². The molecule has 0 spiro atoms. The minimum absolute atomic E-state index is 0.0395. The zero-order valence-electron chi connectivity index (χ0n) is 16.3. The summed E-state index contributed by atoms with van der Waals surface area (Å²) in [5.74, 6) is 1.13. The van der Waals surface area contributed by atoms with E-state index in [0.717, 1.165) is 23.4 Å². The highest BCUT2D eigenvalue weighted by molar-refractivity contribution is 6.32. The van der Waals surface area contributed by atoms with Crippen molar-refractivity contribution >= 4 is 23.6 Å². The highest BCUT2D eigenvalue weighted by Gasteiger charge is 2.31. The van der Waals surface area contributed by atoms with Gasteiger partial charge in [-0.1, -0.05) is 41.9 Å². The lowest BCUT2D eigenvalue weighted by atomic mass is 10.00. The van der Waals surface area contributed by atoms with Crippen LogP contribution in [-0.2, 0) is 11.3 Å². The molecule has 0 saturated heterocycles. The van der Waals surface area contributed by atoms with E-state index in [1.54, 1.807) is 18.2 Å². The van der Waals surface area contributed by atoms with Gasteiger partial charge in [0.15, 0.2) is 11.5 Å². The lowest BCUT2D eigenvalue weighted by Crippen LogP contribution is -2.41. The molecule has 3 heterocycles. The fourth-order valence-corrected chi connectivity index (χ4v) is 4.37. The predicted molar refractivity (Wildman–Crippen MR) is 116 cm³/mol. The number of carbonyl (C=O) groups is 1. The van der Waals surface area contributed by atoms with Crippen molar-refractivity contribution in [1.29, 1.82) is 0 Å². The van der Waals surface area contributed by atoms with Gasteiger partial charge in [-0.05, 0) is 41.5 Å². The van der Waals surface area contributed by atoms with Crippen LogP contribution in [0, 0.1) is 0 Å². The molecule has 0 N–H and O–H groups in total. The Morgan fingerprint density at radius 3 is 2.73 bits per heavy atom. The average molecular weight is 421 g/mol. The second-order valence-corrected chi connectivity index (χ2v) is 7.74. The second kappa shape index (κ2) is 7.92. The van der Waals surface area contributed by atoms with Crippen LogP contribution in [0.1, 0.15) is 22.9 Å². The summed E-state index contributed by atoms with van der Waals surface area (Å²) < 4.78 is 13.4. The van der Waals surface area contributed by atoms with Gasteiger partial charge in [-0.15, -0.1) is 0 Å². The molecule has 30 heavy (non-hydrogen) atoms. The zero-order chi connectivity index (χ0) is 20.5. The van der Waals surface area contributed by atoms with Gasteiger partial charge in [0.05, 0.1) is 11.1 Å². The van der Waals surface area contributed by atoms with Gasteiger partial charge >= 0.3 is 0 Å². The Labute approximate surface area is 180 Å². The zero-order valence-corrected chi connectivity index (χ0v) is 17.1. The van der Waals surface area contributed by atoms with E-state index >= 15 is 0 Å². The lowest BCUT2D eigenvalue weighted by Gasteiger charge is -2.36.